The zero-order chi connectivity index (χ0) is 11.6. The SMILES string of the molecule is COc1ccc([C@@H](O)C(F)(F)F)cc1Br. The molecule has 0 aliphatic carbocycles. The van der Waals surface area contributed by atoms with Gasteiger partial charge in [0.1, 0.15) is 5.75 Å². The highest BCUT2D eigenvalue weighted by Gasteiger charge is 2.39. The first-order valence-electron chi connectivity index (χ1n) is 3.94. The highest BCUT2D eigenvalue weighted by Crippen LogP contribution is 2.35. The summed E-state index contributed by atoms with van der Waals surface area (Å²) in [5, 5.41) is 8.96. The van der Waals surface area contributed by atoms with E-state index in [2.05, 4.69) is 15.9 Å². The Kier molecular flexibility index (Phi) is 3.62. The third-order valence-corrected chi connectivity index (χ3v) is 2.42. The van der Waals surface area contributed by atoms with Crippen LogP contribution in [-0.4, -0.2) is 18.4 Å². The molecule has 1 atom stereocenters. The Morgan fingerprint density at radius 3 is 2.40 bits per heavy atom. The quantitative estimate of drug-likeness (QED) is 0.905. The van der Waals surface area contributed by atoms with Crippen LogP contribution in [0.25, 0.3) is 0 Å². The van der Waals surface area contributed by atoms with Gasteiger partial charge in [0, 0.05) is 0 Å². The van der Waals surface area contributed by atoms with Crippen LogP contribution in [0.1, 0.15) is 11.7 Å². The smallest absolute Gasteiger partial charge is 0.418 e. The van der Waals surface area contributed by atoms with Gasteiger partial charge in [-0.05, 0) is 33.6 Å². The van der Waals surface area contributed by atoms with Crippen molar-refractivity contribution in [3.63, 3.8) is 0 Å². The highest BCUT2D eigenvalue weighted by atomic mass is 79.9. The number of hydrogen-bond acceptors (Lipinski definition) is 2. The number of aliphatic hydroxyl groups is 1. The maximum atomic E-state index is 12.2. The van der Waals surface area contributed by atoms with E-state index in [0.717, 1.165) is 0 Å². The summed E-state index contributed by atoms with van der Waals surface area (Å²) in [6.45, 7) is 0. The normalized spacial score (nSPS) is 13.7. The maximum Gasteiger partial charge on any atom is 0.418 e. The van der Waals surface area contributed by atoms with E-state index >= 15 is 0 Å². The number of rotatable bonds is 2. The lowest BCUT2D eigenvalue weighted by atomic mass is 10.1. The van der Waals surface area contributed by atoms with Crippen LogP contribution >= 0.6 is 15.9 Å². The standard InChI is InChI=1S/C9H8BrF3O2/c1-15-7-3-2-5(4-6(7)10)8(14)9(11,12)13/h2-4,8,14H,1H3/t8-/m1/s1. The van der Waals surface area contributed by atoms with E-state index in [0.29, 0.717) is 10.2 Å². The molecule has 0 heterocycles. The fourth-order valence-electron chi connectivity index (χ4n) is 1.04. The molecule has 0 saturated carbocycles. The van der Waals surface area contributed by atoms with Crippen molar-refractivity contribution < 1.29 is 23.0 Å². The fourth-order valence-corrected chi connectivity index (χ4v) is 1.60. The lowest BCUT2D eigenvalue weighted by Gasteiger charge is -2.15. The van der Waals surface area contributed by atoms with Crippen molar-refractivity contribution in [1.82, 2.24) is 0 Å². The van der Waals surface area contributed by atoms with Crippen molar-refractivity contribution in [3.05, 3.63) is 28.2 Å². The van der Waals surface area contributed by atoms with Crippen molar-refractivity contribution in [1.29, 1.82) is 0 Å². The van der Waals surface area contributed by atoms with Gasteiger partial charge in [-0.15, -0.1) is 0 Å². The molecule has 1 N–H and O–H groups in total. The summed E-state index contributed by atoms with van der Waals surface area (Å²) in [5.41, 5.74) is -0.227. The highest BCUT2D eigenvalue weighted by molar-refractivity contribution is 9.10. The molecule has 0 amide bonds. The molecule has 1 aromatic rings. The van der Waals surface area contributed by atoms with Crippen molar-refractivity contribution in [2.24, 2.45) is 0 Å². The number of alkyl halides is 3. The van der Waals surface area contributed by atoms with Crippen molar-refractivity contribution >= 4 is 15.9 Å². The average Bonchev–Trinajstić information content (AvgIpc) is 2.15. The minimum atomic E-state index is -4.66. The molecule has 0 radical (unpaired) electrons. The van der Waals surface area contributed by atoms with Crippen LogP contribution in [0.3, 0.4) is 0 Å². The fraction of sp³-hybridized carbons (Fsp3) is 0.333. The molecule has 2 nitrogen and oxygen atoms in total. The molecular formula is C9H8BrF3O2. The number of hydrogen-bond donors (Lipinski definition) is 1. The van der Waals surface area contributed by atoms with Crippen molar-refractivity contribution in [2.45, 2.75) is 12.3 Å². The molecule has 0 aromatic heterocycles. The molecule has 6 heteroatoms. The Morgan fingerprint density at radius 1 is 1.40 bits per heavy atom. The number of ether oxygens (including phenoxy) is 1. The van der Waals surface area contributed by atoms with Crippen LogP contribution in [0.2, 0.25) is 0 Å². The Bertz CT molecular complexity index is 352. The number of aliphatic hydroxyl groups excluding tert-OH is 1. The molecule has 0 aliphatic rings. The van der Waals surface area contributed by atoms with Gasteiger partial charge in [-0.25, -0.2) is 0 Å². The summed E-state index contributed by atoms with van der Waals surface area (Å²) >= 11 is 3.04. The number of benzene rings is 1. The second-order valence-electron chi connectivity index (χ2n) is 2.84. The molecule has 0 aliphatic heterocycles. The van der Waals surface area contributed by atoms with E-state index in [-0.39, 0.29) is 5.56 Å². The van der Waals surface area contributed by atoms with Gasteiger partial charge in [0.05, 0.1) is 11.6 Å². The zero-order valence-electron chi connectivity index (χ0n) is 7.68. The largest absolute Gasteiger partial charge is 0.496 e. The summed E-state index contributed by atoms with van der Waals surface area (Å²) in [7, 11) is 1.40. The van der Waals surface area contributed by atoms with E-state index in [1.165, 1.54) is 25.3 Å². The molecule has 0 bridgehead atoms. The molecule has 84 valence electrons. The van der Waals surface area contributed by atoms with Gasteiger partial charge in [0.15, 0.2) is 6.10 Å². The first-order chi connectivity index (χ1) is 6.86. The van der Waals surface area contributed by atoms with Crippen LogP contribution in [0.5, 0.6) is 5.75 Å². The van der Waals surface area contributed by atoms with E-state index in [1.54, 1.807) is 0 Å². The average molecular weight is 285 g/mol. The van der Waals surface area contributed by atoms with E-state index in [1.807, 2.05) is 0 Å². The third kappa shape index (κ3) is 2.85. The second-order valence-corrected chi connectivity index (χ2v) is 3.69. The molecule has 0 saturated heterocycles. The monoisotopic (exact) mass is 284 g/mol. The van der Waals surface area contributed by atoms with Crippen LogP contribution < -0.4 is 4.74 Å². The molecule has 1 aromatic carbocycles. The maximum absolute atomic E-state index is 12.2. The summed E-state index contributed by atoms with van der Waals surface area (Å²) in [5.74, 6) is 0.410. The van der Waals surface area contributed by atoms with Crippen molar-refractivity contribution in [3.8, 4) is 5.75 Å². The summed E-state index contributed by atoms with van der Waals surface area (Å²) in [6, 6.07) is 3.70. The minimum absolute atomic E-state index is 0.227. The topological polar surface area (TPSA) is 29.5 Å². The summed E-state index contributed by atoms with van der Waals surface area (Å²) in [4.78, 5) is 0. The molecular weight excluding hydrogens is 277 g/mol. The molecule has 15 heavy (non-hydrogen) atoms. The van der Waals surface area contributed by atoms with E-state index in [9.17, 15) is 13.2 Å². The van der Waals surface area contributed by atoms with Gasteiger partial charge < -0.3 is 9.84 Å². The lowest BCUT2D eigenvalue weighted by molar-refractivity contribution is -0.206. The predicted octanol–water partition coefficient (Wildman–Crippen LogP) is 3.05. The molecule has 1 rings (SSSR count). The molecule has 0 spiro atoms. The van der Waals surface area contributed by atoms with Crippen LogP contribution in [-0.2, 0) is 0 Å². The Morgan fingerprint density at radius 2 is 2.00 bits per heavy atom. The van der Waals surface area contributed by atoms with Gasteiger partial charge in [-0.1, -0.05) is 6.07 Å². The van der Waals surface area contributed by atoms with Gasteiger partial charge >= 0.3 is 6.18 Å². The van der Waals surface area contributed by atoms with Gasteiger partial charge in [0.2, 0.25) is 0 Å². The minimum Gasteiger partial charge on any atom is -0.496 e. The second kappa shape index (κ2) is 4.40. The molecule has 0 unspecified atom stereocenters. The van der Waals surface area contributed by atoms with Crippen LogP contribution in [0, 0.1) is 0 Å². The lowest BCUT2D eigenvalue weighted by Crippen LogP contribution is -2.20. The van der Waals surface area contributed by atoms with Gasteiger partial charge in [0.25, 0.3) is 0 Å². The zero-order valence-corrected chi connectivity index (χ0v) is 9.26. The van der Waals surface area contributed by atoms with Crippen molar-refractivity contribution in [2.75, 3.05) is 7.11 Å². The first kappa shape index (κ1) is 12.3. The number of halogens is 4. The van der Waals surface area contributed by atoms with E-state index < -0.39 is 12.3 Å². The Balaban J connectivity index is 3.02. The first-order valence-corrected chi connectivity index (χ1v) is 4.73. The van der Waals surface area contributed by atoms with E-state index in [4.69, 9.17) is 9.84 Å². The Hall–Kier alpha value is -0.750. The molecule has 0 fully saturated rings. The summed E-state index contributed by atoms with van der Waals surface area (Å²) in [6.07, 6.45) is -7.13. The third-order valence-electron chi connectivity index (χ3n) is 1.80. The van der Waals surface area contributed by atoms with Gasteiger partial charge in [-0.3, -0.25) is 0 Å². The Labute approximate surface area is 92.8 Å². The predicted molar refractivity (Wildman–Crippen MR) is 51.7 cm³/mol. The van der Waals surface area contributed by atoms with Gasteiger partial charge in [-0.2, -0.15) is 13.2 Å². The van der Waals surface area contributed by atoms with Crippen LogP contribution in [0.15, 0.2) is 22.7 Å². The number of methoxy groups -OCH3 is 1. The van der Waals surface area contributed by atoms with Crippen LogP contribution in [0.4, 0.5) is 13.2 Å². The summed E-state index contributed by atoms with van der Waals surface area (Å²) < 4.78 is 41.7.